The first-order valence-electron chi connectivity index (χ1n) is 8.10. The van der Waals surface area contributed by atoms with Crippen LogP contribution in [-0.4, -0.2) is 10.6 Å². The Morgan fingerprint density at radius 2 is 1.38 bits per heavy atom. The van der Waals surface area contributed by atoms with Gasteiger partial charge < -0.3 is 0 Å². The van der Waals surface area contributed by atoms with E-state index >= 15 is 0 Å². The van der Waals surface area contributed by atoms with Gasteiger partial charge in [-0.3, -0.25) is 0 Å². The Hall–Kier alpha value is -1.90. The zero-order valence-corrected chi connectivity index (χ0v) is 15.4. The van der Waals surface area contributed by atoms with Gasteiger partial charge in [0.05, 0.1) is 4.86 Å². The number of aryl methyl sites for hydroxylation is 2. The average Bonchev–Trinajstić information content (AvgIpc) is 2.63. The van der Waals surface area contributed by atoms with Gasteiger partial charge in [0, 0.05) is 10.6 Å². The van der Waals surface area contributed by atoms with E-state index < -0.39 is 0 Å². The van der Waals surface area contributed by atoms with Gasteiger partial charge in [0.15, 0.2) is 0 Å². The lowest BCUT2D eigenvalue weighted by Gasteiger charge is -2.07. The van der Waals surface area contributed by atoms with E-state index in [0.29, 0.717) is 0 Å². The van der Waals surface area contributed by atoms with E-state index in [4.69, 9.17) is 12.2 Å². The van der Waals surface area contributed by atoms with Crippen molar-refractivity contribution < 1.29 is 0 Å². The fraction of sp³-hybridized carbons (Fsp3) is 0.136. The third-order valence-corrected chi connectivity index (χ3v) is 5.42. The van der Waals surface area contributed by atoms with Gasteiger partial charge in [-0.25, -0.2) is 0 Å². The molecule has 0 aliphatic heterocycles. The van der Waals surface area contributed by atoms with Gasteiger partial charge in [0.1, 0.15) is 0 Å². The summed E-state index contributed by atoms with van der Waals surface area (Å²) in [4.78, 5) is 2.21. The molecule has 3 rings (SSSR count). The molecule has 24 heavy (non-hydrogen) atoms. The topological polar surface area (TPSA) is 0 Å². The zero-order chi connectivity index (χ0) is 16.8. The van der Waals surface area contributed by atoms with Crippen molar-refractivity contribution in [2.24, 2.45) is 0 Å². The molecule has 0 unspecified atom stereocenters. The molecule has 0 radical (unpaired) electrons. The molecule has 0 N–H and O–H groups in total. The van der Waals surface area contributed by atoms with Crippen LogP contribution >= 0.6 is 24.0 Å². The van der Waals surface area contributed by atoms with Gasteiger partial charge in [-0.15, -0.1) is 11.8 Å². The highest BCUT2D eigenvalue weighted by atomic mass is 32.2. The third-order valence-electron chi connectivity index (χ3n) is 3.93. The maximum absolute atomic E-state index is 5.62. The van der Waals surface area contributed by atoms with Crippen LogP contribution in [-0.2, 0) is 6.42 Å². The van der Waals surface area contributed by atoms with Crippen LogP contribution in [0.4, 0.5) is 0 Å². The van der Waals surface area contributed by atoms with Crippen molar-refractivity contribution in [3.63, 3.8) is 0 Å². The van der Waals surface area contributed by atoms with E-state index in [0.717, 1.165) is 28.2 Å². The first-order valence-corrected chi connectivity index (χ1v) is 9.50. The van der Waals surface area contributed by atoms with Crippen LogP contribution in [0.25, 0.3) is 0 Å². The Morgan fingerprint density at radius 3 is 2.00 bits per heavy atom. The van der Waals surface area contributed by atoms with Crippen molar-refractivity contribution in [2.75, 3.05) is 5.75 Å². The van der Waals surface area contributed by atoms with Crippen molar-refractivity contribution >= 4 is 28.8 Å². The Kier molecular flexibility index (Phi) is 5.84. The standard InChI is InChI=1S/C22H20S2/c1-17-7-9-19(10-8-17)22(23)20-11-13-21(14-12-20)24-16-15-18-5-3-2-4-6-18/h2-14H,15-16H2,1H3. The van der Waals surface area contributed by atoms with E-state index in [2.05, 4.69) is 85.8 Å². The molecule has 0 heterocycles. The number of thiocarbonyl (C=S) groups is 1. The van der Waals surface area contributed by atoms with Crippen LogP contribution in [0.5, 0.6) is 0 Å². The largest absolute Gasteiger partial charge is 0.126 e. The number of hydrogen-bond donors (Lipinski definition) is 0. The predicted octanol–water partition coefficient (Wildman–Crippen LogP) is 6.10. The summed E-state index contributed by atoms with van der Waals surface area (Å²) in [5.41, 5.74) is 4.87. The monoisotopic (exact) mass is 348 g/mol. The molecule has 3 aromatic rings. The number of benzene rings is 3. The summed E-state index contributed by atoms with van der Waals surface area (Å²) < 4.78 is 0. The second-order valence-corrected chi connectivity index (χ2v) is 7.38. The van der Waals surface area contributed by atoms with E-state index in [1.165, 1.54) is 16.0 Å². The molecule has 0 saturated carbocycles. The van der Waals surface area contributed by atoms with Gasteiger partial charge in [0.25, 0.3) is 0 Å². The highest BCUT2D eigenvalue weighted by Crippen LogP contribution is 2.21. The number of hydrogen-bond acceptors (Lipinski definition) is 2. The summed E-state index contributed by atoms with van der Waals surface area (Å²) in [6.07, 6.45) is 1.09. The molecule has 0 bridgehead atoms. The van der Waals surface area contributed by atoms with Gasteiger partial charge in [-0.2, -0.15) is 0 Å². The van der Waals surface area contributed by atoms with Gasteiger partial charge in [0.2, 0.25) is 0 Å². The van der Waals surface area contributed by atoms with E-state index in [1.54, 1.807) is 0 Å². The molecule has 0 fully saturated rings. The second kappa shape index (κ2) is 8.27. The highest BCUT2D eigenvalue weighted by molar-refractivity contribution is 7.99. The molecule has 0 saturated heterocycles. The molecule has 2 heteroatoms. The summed E-state index contributed by atoms with van der Waals surface area (Å²) in [6.45, 7) is 2.09. The molecule has 0 nitrogen and oxygen atoms in total. The van der Waals surface area contributed by atoms with Crippen LogP contribution in [0.2, 0.25) is 0 Å². The van der Waals surface area contributed by atoms with Gasteiger partial charge in [-0.1, -0.05) is 84.5 Å². The molecular weight excluding hydrogens is 328 g/mol. The molecule has 0 atom stereocenters. The number of thioether (sulfide) groups is 1. The Morgan fingerprint density at radius 1 is 0.792 bits per heavy atom. The highest BCUT2D eigenvalue weighted by Gasteiger charge is 2.05. The van der Waals surface area contributed by atoms with E-state index in [-0.39, 0.29) is 0 Å². The average molecular weight is 349 g/mol. The Bertz CT molecular complexity index is 788. The van der Waals surface area contributed by atoms with Crippen LogP contribution in [0.15, 0.2) is 83.8 Å². The molecule has 0 aliphatic rings. The fourth-order valence-corrected chi connectivity index (χ4v) is 3.68. The lowest BCUT2D eigenvalue weighted by Crippen LogP contribution is -1.99. The molecule has 0 aromatic heterocycles. The summed E-state index contributed by atoms with van der Waals surface area (Å²) in [5, 5.41) is 0. The van der Waals surface area contributed by atoms with Crippen molar-refractivity contribution in [3.8, 4) is 0 Å². The van der Waals surface area contributed by atoms with Crippen LogP contribution < -0.4 is 0 Å². The first kappa shape index (κ1) is 16.9. The number of rotatable bonds is 6. The van der Waals surface area contributed by atoms with Crippen LogP contribution in [0.1, 0.15) is 22.3 Å². The molecular formula is C22H20S2. The minimum Gasteiger partial charge on any atom is -0.126 e. The quantitative estimate of drug-likeness (QED) is 0.300. The zero-order valence-electron chi connectivity index (χ0n) is 13.7. The summed E-state index contributed by atoms with van der Waals surface area (Å²) >= 11 is 7.51. The van der Waals surface area contributed by atoms with Gasteiger partial charge in [-0.05, 0) is 42.2 Å². The summed E-state index contributed by atoms with van der Waals surface area (Å²) in [7, 11) is 0. The Balaban J connectivity index is 1.58. The van der Waals surface area contributed by atoms with E-state index in [1.807, 2.05) is 11.8 Å². The van der Waals surface area contributed by atoms with Crippen molar-refractivity contribution in [2.45, 2.75) is 18.2 Å². The maximum atomic E-state index is 5.62. The fourth-order valence-electron chi connectivity index (χ4n) is 2.51. The van der Waals surface area contributed by atoms with Crippen LogP contribution in [0, 0.1) is 6.92 Å². The second-order valence-electron chi connectivity index (χ2n) is 5.80. The molecule has 3 aromatic carbocycles. The lowest BCUT2D eigenvalue weighted by atomic mass is 10.0. The van der Waals surface area contributed by atoms with Crippen LogP contribution in [0.3, 0.4) is 0 Å². The SMILES string of the molecule is Cc1ccc(C(=S)c2ccc(SCCc3ccccc3)cc2)cc1. The predicted molar refractivity (Wildman–Crippen MR) is 109 cm³/mol. The third kappa shape index (κ3) is 4.56. The van der Waals surface area contributed by atoms with Gasteiger partial charge >= 0.3 is 0 Å². The minimum atomic E-state index is 0.913. The molecule has 0 spiro atoms. The molecule has 120 valence electrons. The lowest BCUT2D eigenvalue weighted by molar-refractivity contribution is 1.15. The summed E-state index contributed by atoms with van der Waals surface area (Å²) in [5.74, 6) is 1.09. The smallest absolute Gasteiger partial charge is 0.0521 e. The Labute approximate surface area is 153 Å². The maximum Gasteiger partial charge on any atom is 0.0521 e. The van der Waals surface area contributed by atoms with Crippen molar-refractivity contribution in [3.05, 3.63) is 101 Å². The molecule has 0 aliphatic carbocycles. The van der Waals surface area contributed by atoms with Crippen molar-refractivity contribution in [1.82, 2.24) is 0 Å². The first-order chi connectivity index (χ1) is 11.7. The molecule has 0 amide bonds. The van der Waals surface area contributed by atoms with E-state index in [9.17, 15) is 0 Å². The minimum absolute atomic E-state index is 0.913. The normalized spacial score (nSPS) is 10.5. The van der Waals surface area contributed by atoms with Crippen molar-refractivity contribution in [1.29, 1.82) is 0 Å². The summed E-state index contributed by atoms with van der Waals surface area (Å²) in [6, 6.07) is 27.6.